The highest BCUT2D eigenvalue weighted by Gasteiger charge is 2.15. The van der Waals surface area contributed by atoms with Crippen LogP contribution in [-0.4, -0.2) is 29.6 Å². The molecular weight excluding hydrogens is 250 g/mol. The number of carbonyl (C=O) groups is 2. The van der Waals surface area contributed by atoms with Crippen LogP contribution in [0, 0.1) is 0 Å². The van der Waals surface area contributed by atoms with Gasteiger partial charge in [0, 0.05) is 18.4 Å². The molecule has 3 N–H and O–H groups in total. The van der Waals surface area contributed by atoms with Gasteiger partial charge in [-0.15, -0.1) is 11.8 Å². The number of anilines is 1. The summed E-state index contributed by atoms with van der Waals surface area (Å²) in [7, 11) is 1.53. The van der Waals surface area contributed by atoms with E-state index in [9.17, 15) is 9.59 Å². The highest BCUT2D eigenvalue weighted by Crippen LogP contribution is 2.32. The van der Waals surface area contributed by atoms with Crippen molar-refractivity contribution in [3.8, 4) is 0 Å². The summed E-state index contributed by atoms with van der Waals surface area (Å²) in [5.74, 6) is 5.72. The Bertz CT molecular complexity index is 488. The zero-order valence-electron chi connectivity index (χ0n) is 10.1. The Hall–Kier alpha value is -1.53. The highest BCUT2D eigenvalue weighted by atomic mass is 32.2. The second kappa shape index (κ2) is 5.41. The summed E-state index contributed by atoms with van der Waals surface area (Å²) < 4.78 is 0. The van der Waals surface area contributed by atoms with Gasteiger partial charge in [0.05, 0.1) is 11.4 Å². The van der Waals surface area contributed by atoms with E-state index in [0.717, 1.165) is 21.2 Å². The first kappa shape index (κ1) is 12.9. The lowest BCUT2D eigenvalue weighted by Crippen LogP contribution is -2.33. The number of rotatable bonds is 3. The van der Waals surface area contributed by atoms with Gasteiger partial charge >= 0.3 is 0 Å². The Labute approximate surface area is 110 Å². The Kier molecular flexibility index (Phi) is 3.88. The van der Waals surface area contributed by atoms with Gasteiger partial charge in [-0.05, 0) is 24.1 Å². The van der Waals surface area contributed by atoms with Gasteiger partial charge in [-0.3, -0.25) is 14.6 Å². The van der Waals surface area contributed by atoms with Crippen LogP contribution in [0.15, 0.2) is 23.1 Å². The third kappa shape index (κ3) is 3.02. The van der Waals surface area contributed by atoms with Gasteiger partial charge in [-0.2, -0.15) is 0 Å². The average Bonchev–Trinajstić information content (AvgIpc) is 2.35. The molecule has 1 aliphatic rings. The Morgan fingerprint density at radius 1 is 1.56 bits per heavy atom. The maximum atomic E-state index is 11.4. The highest BCUT2D eigenvalue weighted by molar-refractivity contribution is 8.00. The number of nitrogens with zero attached hydrogens (tertiary/aromatic N) is 1. The number of amides is 2. The minimum Gasteiger partial charge on any atom is -0.324 e. The van der Waals surface area contributed by atoms with Crippen molar-refractivity contribution in [1.29, 1.82) is 0 Å². The molecule has 18 heavy (non-hydrogen) atoms. The number of aryl methyl sites for hydroxylation is 1. The number of thioether (sulfide) groups is 1. The molecule has 5 nitrogen and oxygen atoms in total. The van der Waals surface area contributed by atoms with Gasteiger partial charge in [0.2, 0.25) is 11.8 Å². The Morgan fingerprint density at radius 2 is 2.33 bits per heavy atom. The predicted octanol–water partition coefficient (Wildman–Crippen LogP) is 0.995. The number of fused-ring (bicyclic) bond motifs is 1. The largest absolute Gasteiger partial charge is 0.324 e. The number of hydrogen-bond acceptors (Lipinski definition) is 4. The minimum atomic E-state index is -0.105. The van der Waals surface area contributed by atoms with Gasteiger partial charge in [-0.25, -0.2) is 5.84 Å². The lowest BCUT2D eigenvalue weighted by Gasteiger charge is -2.17. The normalized spacial score (nSPS) is 13.8. The fraction of sp³-hybridized carbons (Fsp3) is 0.333. The quantitative estimate of drug-likeness (QED) is 0.485. The monoisotopic (exact) mass is 265 g/mol. The van der Waals surface area contributed by atoms with E-state index in [2.05, 4.69) is 5.32 Å². The molecule has 0 bridgehead atoms. The van der Waals surface area contributed by atoms with Crippen molar-refractivity contribution >= 4 is 29.3 Å². The summed E-state index contributed by atoms with van der Waals surface area (Å²) in [6.45, 7) is 0. The molecule has 0 atom stereocenters. The molecule has 0 saturated heterocycles. The van der Waals surface area contributed by atoms with E-state index in [4.69, 9.17) is 5.84 Å². The van der Waals surface area contributed by atoms with E-state index in [0.29, 0.717) is 18.6 Å². The first-order chi connectivity index (χ1) is 8.56. The van der Waals surface area contributed by atoms with Crippen LogP contribution in [0.3, 0.4) is 0 Å². The van der Waals surface area contributed by atoms with Crippen LogP contribution in [0.2, 0.25) is 0 Å². The molecule has 1 heterocycles. The van der Waals surface area contributed by atoms with Crippen LogP contribution in [0.1, 0.15) is 12.0 Å². The van der Waals surface area contributed by atoms with E-state index < -0.39 is 0 Å². The number of hydrazine groups is 1. The maximum absolute atomic E-state index is 11.4. The van der Waals surface area contributed by atoms with Crippen molar-refractivity contribution < 1.29 is 9.59 Å². The predicted molar refractivity (Wildman–Crippen MR) is 71.1 cm³/mol. The van der Waals surface area contributed by atoms with E-state index in [1.165, 1.54) is 18.8 Å². The van der Waals surface area contributed by atoms with E-state index in [1.54, 1.807) is 0 Å². The molecule has 2 amide bonds. The Morgan fingerprint density at radius 3 is 3.06 bits per heavy atom. The molecule has 0 fully saturated rings. The molecule has 6 heteroatoms. The summed E-state index contributed by atoms with van der Waals surface area (Å²) in [6.07, 6.45) is 0.987. The van der Waals surface area contributed by atoms with Crippen LogP contribution in [0.5, 0.6) is 0 Å². The Balaban J connectivity index is 2.04. The summed E-state index contributed by atoms with van der Waals surface area (Å²) in [5.41, 5.74) is 1.86. The maximum Gasteiger partial charge on any atom is 0.236 e. The molecule has 1 aromatic rings. The van der Waals surface area contributed by atoms with Crippen LogP contribution in [0.25, 0.3) is 0 Å². The topological polar surface area (TPSA) is 75.4 Å². The number of nitrogens with one attached hydrogen (secondary N) is 1. The summed E-state index contributed by atoms with van der Waals surface area (Å²) >= 11 is 1.53. The SMILES string of the molecule is CN(N)C(=O)CCc1ccc2c(c1)NC(=O)CS2. The fourth-order valence-electron chi connectivity index (χ4n) is 1.71. The van der Waals surface area contributed by atoms with Crippen molar-refractivity contribution in [2.24, 2.45) is 5.84 Å². The zero-order chi connectivity index (χ0) is 13.1. The lowest BCUT2D eigenvalue weighted by atomic mass is 10.1. The minimum absolute atomic E-state index is 0.0161. The third-order valence-electron chi connectivity index (χ3n) is 2.70. The molecule has 0 radical (unpaired) electrons. The van der Waals surface area contributed by atoms with Gasteiger partial charge in [-0.1, -0.05) is 6.07 Å². The first-order valence-corrected chi connectivity index (χ1v) is 6.61. The molecule has 0 unspecified atom stereocenters. The molecule has 96 valence electrons. The van der Waals surface area contributed by atoms with Crippen molar-refractivity contribution in [1.82, 2.24) is 5.01 Å². The van der Waals surface area contributed by atoms with Crippen molar-refractivity contribution in [2.45, 2.75) is 17.7 Å². The number of carbonyl (C=O) groups excluding carboxylic acids is 2. The lowest BCUT2D eigenvalue weighted by molar-refractivity contribution is -0.130. The standard InChI is InChI=1S/C12H15N3O2S/c1-15(13)12(17)5-3-8-2-4-10-9(6-8)14-11(16)7-18-10/h2,4,6H,3,5,7,13H2,1H3,(H,14,16). The summed E-state index contributed by atoms with van der Waals surface area (Å²) in [4.78, 5) is 23.7. The molecule has 1 aliphatic heterocycles. The van der Waals surface area contributed by atoms with Gasteiger partial charge in [0.25, 0.3) is 0 Å². The van der Waals surface area contributed by atoms with Crippen LogP contribution >= 0.6 is 11.8 Å². The first-order valence-electron chi connectivity index (χ1n) is 5.63. The van der Waals surface area contributed by atoms with E-state index in [-0.39, 0.29) is 11.8 Å². The van der Waals surface area contributed by atoms with Crippen LogP contribution < -0.4 is 11.2 Å². The van der Waals surface area contributed by atoms with Crippen molar-refractivity contribution in [3.63, 3.8) is 0 Å². The van der Waals surface area contributed by atoms with Gasteiger partial charge in [0.15, 0.2) is 0 Å². The van der Waals surface area contributed by atoms with E-state index >= 15 is 0 Å². The number of benzene rings is 1. The van der Waals surface area contributed by atoms with Gasteiger partial charge in [0.1, 0.15) is 0 Å². The second-order valence-electron chi connectivity index (χ2n) is 4.17. The summed E-state index contributed by atoms with van der Waals surface area (Å²) in [5, 5.41) is 3.92. The van der Waals surface area contributed by atoms with Gasteiger partial charge < -0.3 is 5.32 Å². The molecule has 0 spiro atoms. The fourth-order valence-corrected chi connectivity index (χ4v) is 2.50. The zero-order valence-corrected chi connectivity index (χ0v) is 10.9. The van der Waals surface area contributed by atoms with E-state index in [1.807, 2.05) is 18.2 Å². The van der Waals surface area contributed by atoms with Crippen LogP contribution in [0.4, 0.5) is 5.69 Å². The molecule has 0 aliphatic carbocycles. The third-order valence-corrected chi connectivity index (χ3v) is 3.77. The number of nitrogens with two attached hydrogens (primary N) is 1. The van der Waals surface area contributed by atoms with Crippen LogP contribution in [-0.2, 0) is 16.0 Å². The molecule has 1 aromatic carbocycles. The van der Waals surface area contributed by atoms with Crippen molar-refractivity contribution in [2.75, 3.05) is 18.1 Å². The summed E-state index contributed by atoms with van der Waals surface area (Å²) in [6, 6.07) is 5.88. The average molecular weight is 265 g/mol. The molecular formula is C12H15N3O2S. The molecule has 0 saturated carbocycles. The molecule has 2 rings (SSSR count). The number of hydrogen-bond donors (Lipinski definition) is 2. The smallest absolute Gasteiger partial charge is 0.236 e. The second-order valence-corrected chi connectivity index (χ2v) is 5.19. The van der Waals surface area contributed by atoms with Crippen molar-refractivity contribution in [3.05, 3.63) is 23.8 Å². The molecule has 0 aromatic heterocycles.